The van der Waals surface area contributed by atoms with Crippen LogP contribution in [0.3, 0.4) is 0 Å². The fourth-order valence-corrected chi connectivity index (χ4v) is 3.12. The van der Waals surface area contributed by atoms with Crippen molar-refractivity contribution in [3.63, 3.8) is 0 Å². The number of aliphatic imine (C=N–C) groups is 1. The van der Waals surface area contributed by atoms with Crippen molar-refractivity contribution in [3.05, 3.63) is 77.6 Å². The van der Waals surface area contributed by atoms with Crippen molar-refractivity contribution in [2.24, 2.45) is 21.1 Å². The van der Waals surface area contributed by atoms with Crippen molar-refractivity contribution in [1.82, 2.24) is 0 Å². The summed E-state index contributed by atoms with van der Waals surface area (Å²) in [4.78, 5) is 4.46. The maximum atomic E-state index is 13.6. The molecule has 1 aliphatic heterocycles. The van der Waals surface area contributed by atoms with Gasteiger partial charge in [-0.15, -0.1) is 0 Å². The molecule has 0 aromatic heterocycles. The Hall–Kier alpha value is -3.38. The van der Waals surface area contributed by atoms with Crippen LogP contribution in [-0.4, -0.2) is 36.9 Å². The maximum Gasteiger partial charge on any atom is 0.136 e. The number of ether oxygens (including phenoxy) is 1. The number of rotatable bonds is 6. The highest BCUT2D eigenvalue weighted by molar-refractivity contribution is 6.13. The number of allylic oxidation sites excluding steroid dienone is 2. The van der Waals surface area contributed by atoms with Crippen molar-refractivity contribution in [2.45, 2.75) is 67.2 Å². The predicted molar refractivity (Wildman–Crippen MR) is 164 cm³/mol. The smallest absolute Gasteiger partial charge is 0.136 e. The molecule has 0 spiro atoms. The van der Waals surface area contributed by atoms with E-state index in [0.29, 0.717) is 23.0 Å². The van der Waals surface area contributed by atoms with Crippen LogP contribution in [0.5, 0.6) is 11.5 Å². The molecule has 0 radical (unpaired) electrons. The fourth-order valence-electron chi connectivity index (χ4n) is 3.12. The first-order chi connectivity index (χ1) is 18.3. The van der Waals surface area contributed by atoms with Crippen LogP contribution in [0, 0.1) is 18.7 Å². The summed E-state index contributed by atoms with van der Waals surface area (Å²) < 4.78 is 19.7. The molecule has 1 N–H and O–H groups in total. The number of aliphatic hydroxyl groups is 1. The van der Waals surface area contributed by atoms with E-state index < -0.39 is 0 Å². The van der Waals surface area contributed by atoms with Gasteiger partial charge in [-0.3, -0.25) is 4.99 Å². The number of benzene rings is 2. The number of halogens is 1. The van der Waals surface area contributed by atoms with Crippen molar-refractivity contribution in [2.75, 3.05) is 14.2 Å². The van der Waals surface area contributed by atoms with Crippen molar-refractivity contribution < 1.29 is 14.2 Å². The Morgan fingerprint density at radius 1 is 1.11 bits per heavy atom. The summed E-state index contributed by atoms with van der Waals surface area (Å²) in [6.07, 6.45) is 11.7. The van der Waals surface area contributed by atoms with Gasteiger partial charge in [-0.2, -0.15) is 10.2 Å². The number of aryl methyl sites for hydroxylation is 1. The molecule has 5 nitrogen and oxygen atoms in total. The molecule has 0 bridgehead atoms. The number of hydrogen-bond acceptors (Lipinski definition) is 5. The summed E-state index contributed by atoms with van der Waals surface area (Å²) in [6, 6.07) is 10.3. The second-order valence-corrected chi connectivity index (χ2v) is 8.72. The lowest BCUT2D eigenvalue weighted by atomic mass is 10.0. The topological polar surface area (TPSA) is 66.5 Å². The molecule has 38 heavy (non-hydrogen) atoms. The maximum absolute atomic E-state index is 13.6. The third kappa shape index (κ3) is 12.7. The SMILES string of the molecule is C=Cc1cc(F)ccc1Oc1ccc(C)cc1C(/C=C\C1=NN=CC(C)CC1)=NC.CCC.CCC.CO. The second kappa shape index (κ2) is 20.7. The molecular formula is C32H46FN3O2. The zero-order valence-corrected chi connectivity index (χ0v) is 24.5. The zero-order valence-electron chi connectivity index (χ0n) is 24.5. The van der Waals surface area contributed by atoms with E-state index in [1.54, 1.807) is 19.2 Å². The van der Waals surface area contributed by atoms with E-state index in [2.05, 4.69) is 56.4 Å². The summed E-state index contributed by atoms with van der Waals surface area (Å²) in [6.45, 7) is 16.4. The molecule has 2 aromatic rings. The highest BCUT2D eigenvalue weighted by Crippen LogP contribution is 2.31. The summed E-state index contributed by atoms with van der Waals surface area (Å²) >= 11 is 0. The Labute approximate surface area is 229 Å². The van der Waals surface area contributed by atoms with Crippen LogP contribution >= 0.6 is 0 Å². The van der Waals surface area contributed by atoms with Gasteiger partial charge in [0, 0.05) is 31.5 Å². The van der Waals surface area contributed by atoms with Crippen LogP contribution in [-0.2, 0) is 0 Å². The third-order valence-corrected chi connectivity index (χ3v) is 4.86. The van der Waals surface area contributed by atoms with Gasteiger partial charge in [0.2, 0.25) is 0 Å². The minimum absolute atomic E-state index is 0.332. The lowest BCUT2D eigenvalue weighted by Gasteiger charge is -2.14. The van der Waals surface area contributed by atoms with Gasteiger partial charge in [-0.05, 0) is 68.2 Å². The van der Waals surface area contributed by atoms with Gasteiger partial charge >= 0.3 is 0 Å². The monoisotopic (exact) mass is 523 g/mol. The molecule has 2 aromatic carbocycles. The molecule has 1 unspecified atom stereocenters. The first kappa shape index (κ1) is 34.6. The Morgan fingerprint density at radius 3 is 2.34 bits per heavy atom. The Bertz CT molecular complexity index is 1090. The van der Waals surface area contributed by atoms with Gasteiger partial charge in [-0.1, -0.05) is 71.7 Å². The van der Waals surface area contributed by atoms with Crippen LogP contribution in [0.1, 0.15) is 77.0 Å². The van der Waals surface area contributed by atoms with Gasteiger partial charge in [-0.25, -0.2) is 4.39 Å². The Morgan fingerprint density at radius 2 is 1.74 bits per heavy atom. The number of hydrogen-bond donors (Lipinski definition) is 1. The van der Waals surface area contributed by atoms with Crippen LogP contribution < -0.4 is 4.74 Å². The van der Waals surface area contributed by atoms with Gasteiger partial charge < -0.3 is 9.84 Å². The molecule has 1 atom stereocenters. The van der Waals surface area contributed by atoms with E-state index in [0.717, 1.165) is 42.5 Å². The first-order valence-electron chi connectivity index (χ1n) is 13.2. The summed E-state index contributed by atoms with van der Waals surface area (Å²) in [7, 11) is 2.74. The highest BCUT2D eigenvalue weighted by Gasteiger charge is 2.13. The van der Waals surface area contributed by atoms with E-state index in [4.69, 9.17) is 9.84 Å². The van der Waals surface area contributed by atoms with Gasteiger partial charge in [0.05, 0.1) is 11.4 Å². The molecule has 0 saturated carbocycles. The zero-order chi connectivity index (χ0) is 28.9. The molecule has 3 rings (SSSR count). The molecule has 0 saturated heterocycles. The lowest BCUT2D eigenvalue weighted by Crippen LogP contribution is -2.03. The van der Waals surface area contributed by atoms with E-state index in [1.807, 2.05) is 43.5 Å². The second-order valence-electron chi connectivity index (χ2n) is 8.72. The lowest BCUT2D eigenvalue weighted by molar-refractivity contribution is 0.399. The molecular weight excluding hydrogens is 477 g/mol. The normalized spacial score (nSPS) is 14.5. The fraction of sp³-hybridized carbons (Fsp3) is 0.406. The summed E-state index contributed by atoms with van der Waals surface area (Å²) in [5.74, 6) is 1.26. The molecule has 6 heteroatoms. The average Bonchev–Trinajstić information content (AvgIpc) is 3.12. The molecule has 0 amide bonds. The van der Waals surface area contributed by atoms with E-state index in [1.165, 1.54) is 25.0 Å². The molecule has 208 valence electrons. The van der Waals surface area contributed by atoms with Crippen molar-refractivity contribution >= 4 is 23.7 Å². The summed E-state index contributed by atoms with van der Waals surface area (Å²) in [5.41, 5.74) is 4.20. The minimum Gasteiger partial charge on any atom is -0.456 e. The summed E-state index contributed by atoms with van der Waals surface area (Å²) in [5, 5.41) is 15.4. The average molecular weight is 524 g/mol. The highest BCUT2D eigenvalue weighted by atomic mass is 19.1. The molecule has 1 heterocycles. The Balaban J connectivity index is 0.00000153. The van der Waals surface area contributed by atoms with Crippen LogP contribution in [0.4, 0.5) is 4.39 Å². The van der Waals surface area contributed by atoms with Crippen molar-refractivity contribution in [1.29, 1.82) is 0 Å². The molecule has 1 aliphatic rings. The quantitative estimate of drug-likeness (QED) is 0.384. The van der Waals surface area contributed by atoms with E-state index in [9.17, 15) is 4.39 Å². The number of aliphatic hydroxyl groups excluding tert-OH is 1. The predicted octanol–water partition coefficient (Wildman–Crippen LogP) is 8.84. The molecule has 0 fully saturated rings. The van der Waals surface area contributed by atoms with Gasteiger partial charge in [0.1, 0.15) is 17.3 Å². The van der Waals surface area contributed by atoms with E-state index in [-0.39, 0.29) is 5.82 Å². The minimum atomic E-state index is -0.332. The van der Waals surface area contributed by atoms with Gasteiger partial charge in [0.25, 0.3) is 0 Å². The van der Waals surface area contributed by atoms with Crippen LogP contribution in [0.2, 0.25) is 0 Å². The van der Waals surface area contributed by atoms with Crippen LogP contribution in [0.25, 0.3) is 6.08 Å². The van der Waals surface area contributed by atoms with Gasteiger partial charge in [0.15, 0.2) is 0 Å². The standard InChI is InChI=1S/C25H26FN3O.2C3H8.CH4O/c1-5-19-15-20(26)8-13-24(19)30-25-12-7-17(2)14-22(25)23(27-4)11-10-21-9-6-18(3)16-28-29-21;2*1-3-2;1-2/h5,7-8,10-16,18H,1,6,9H2,2-4H3;2*3H2,1-2H3;2H,1H3/b11-10-,27-23?;;;. The number of nitrogens with zero attached hydrogens (tertiary/aromatic N) is 3. The Kier molecular flexibility index (Phi) is 18.8. The van der Waals surface area contributed by atoms with Crippen molar-refractivity contribution in [3.8, 4) is 11.5 Å². The van der Waals surface area contributed by atoms with E-state index >= 15 is 0 Å². The first-order valence-corrected chi connectivity index (χ1v) is 13.2. The van der Waals surface area contributed by atoms with Crippen LogP contribution in [0.15, 0.2) is 70.3 Å². The molecule has 0 aliphatic carbocycles. The third-order valence-electron chi connectivity index (χ3n) is 4.86. The largest absolute Gasteiger partial charge is 0.456 e.